The monoisotopic (exact) mass is 214 g/mol. The molecule has 1 aliphatic rings. The Morgan fingerprint density at radius 2 is 2.27 bits per heavy atom. The van der Waals surface area contributed by atoms with E-state index >= 15 is 0 Å². The van der Waals surface area contributed by atoms with E-state index in [2.05, 4.69) is 24.1 Å². The summed E-state index contributed by atoms with van der Waals surface area (Å²) in [6.45, 7) is 10.5. The van der Waals surface area contributed by atoms with Gasteiger partial charge in [0.25, 0.3) is 0 Å². The summed E-state index contributed by atoms with van der Waals surface area (Å²) >= 11 is 0. The van der Waals surface area contributed by atoms with Crippen LogP contribution in [0, 0.1) is 0 Å². The van der Waals surface area contributed by atoms with Crippen LogP contribution in [0.3, 0.4) is 0 Å². The van der Waals surface area contributed by atoms with Gasteiger partial charge in [0, 0.05) is 31.7 Å². The van der Waals surface area contributed by atoms with Gasteiger partial charge in [0.05, 0.1) is 13.0 Å². The minimum absolute atomic E-state index is 0.0909. The number of hydrogen-bond donors (Lipinski definition) is 1. The third kappa shape index (κ3) is 3.80. The number of nitrogens with zero attached hydrogens (tertiary/aromatic N) is 1. The van der Waals surface area contributed by atoms with Crippen LogP contribution >= 0.6 is 0 Å². The molecule has 15 heavy (non-hydrogen) atoms. The fraction of sp³-hybridized carbons (Fsp3) is 0.909. The molecule has 1 fully saturated rings. The van der Waals surface area contributed by atoms with E-state index in [1.54, 1.807) is 0 Å². The Morgan fingerprint density at radius 3 is 2.87 bits per heavy atom. The molecule has 0 aromatic carbocycles. The van der Waals surface area contributed by atoms with Crippen molar-refractivity contribution in [3.63, 3.8) is 0 Å². The molecule has 88 valence electrons. The van der Waals surface area contributed by atoms with Gasteiger partial charge >= 0.3 is 5.97 Å². The Morgan fingerprint density at radius 1 is 1.53 bits per heavy atom. The smallest absolute Gasteiger partial charge is 0.307 e. The van der Waals surface area contributed by atoms with Crippen molar-refractivity contribution in [2.45, 2.75) is 32.7 Å². The first kappa shape index (κ1) is 12.5. The lowest BCUT2D eigenvalue weighted by atomic mass is 10.00. The number of esters is 1. The molecule has 0 radical (unpaired) electrons. The maximum Gasteiger partial charge on any atom is 0.307 e. The van der Waals surface area contributed by atoms with Gasteiger partial charge in [-0.1, -0.05) is 0 Å². The van der Waals surface area contributed by atoms with Crippen molar-refractivity contribution < 1.29 is 9.53 Å². The van der Waals surface area contributed by atoms with Crippen LogP contribution in [0.2, 0.25) is 0 Å². The summed E-state index contributed by atoms with van der Waals surface area (Å²) in [6, 6.07) is 0. The molecule has 1 rings (SSSR count). The summed E-state index contributed by atoms with van der Waals surface area (Å²) in [7, 11) is 0. The Bertz CT molecular complexity index is 217. The van der Waals surface area contributed by atoms with Gasteiger partial charge in [0.1, 0.15) is 0 Å². The molecule has 1 aliphatic heterocycles. The summed E-state index contributed by atoms with van der Waals surface area (Å²) in [5.74, 6) is -0.0909. The minimum Gasteiger partial charge on any atom is -0.466 e. The van der Waals surface area contributed by atoms with Crippen LogP contribution in [0.25, 0.3) is 0 Å². The van der Waals surface area contributed by atoms with Crippen LogP contribution in [0.15, 0.2) is 0 Å². The number of nitrogens with one attached hydrogen (secondary N) is 1. The van der Waals surface area contributed by atoms with Crippen molar-refractivity contribution in [2.75, 3.05) is 32.8 Å². The SMILES string of the molecule is CCOC(=O)CCN1CCNCC1(C)C. The quantitative estimate of drug-likeness (QED) is 0.697. The summed E-state index contributed by atoms with van der Waals surface area (Å²) < 4.78 is 4.92. The summed E-state index contributed by atoms with van der Waals surface area (Å²) in [6.07, 6.45) is 0.497. The van der Waals surface area contributed by atoms with E-state index in [0.29, 0.717) is 13.0 Å². The average Bonchev–Trinajstić information content (AvgIpc) is 2.16. The zero-order valence-electron chi connectivity index (χ0n) is 10.0. The normalized spacial score (nSPS) is 21.3. The molecular formula is C11H22N2O2. The second-order valence-electron chi connectivity index (χ2n) is 4.53. The lowest BCUT2D eigenvalue weighted by Gasteiger charge is -2.42. The second kappa shape index (κ2) is 5.47. The van der Waals surface area contributed by atoms with Gasteiger partial charge in [-0.3, -0.25) is 9.69 Å². The third-order valence-corrected chi connectivity index (χ3v) is 2.86. The molecule has 1 heterocycles. The Balaban J connectivity index is 2.33. The van der Waals surface area contributed by atoms with Gasteiger partial charge in [-0.15, -0.1) is 0 Å². The van der Waals surface area contributed by atoms with E-state index in [1.807, 2.05) is 6.92 Å². The Labute approximate surface area is 92.0 Å². The molecule has 0 aliphatic carbocycles. The van der Waals surface area contributed by atoms with E-state index < -0.39 is 0 Å². The number of carbonyl (C=O) groups excluding carboxylic acids is 1. The predicted octanol–water partition coefficient (Wildman–Crippen LogP) is 0.623. The first-order chi connectivity index (χ1) is 7.06. The molecule has 1 saturated heterocycles. The van der Waals surface area contributed by atoms with Gasteiger partial charge in [0.2, 0.25) is 0 Å². The van der Waals surface area contributed by atoms with E-state index in [9.17, 15) is 4.79 Å². The van der Waals surface area contributed by atoms with E-state index in [0.717, 1.165) is 26.2 Å². The number of hydrogen-bond acceptors (Lipinski definition) is 4. The highest BCUT2D eigenvalue weighted by atomic mass is 16.5. The Kier molecular flexibility index (Phi) is 4.54. The molecule has 0 saturated carbocycles. The lowest BCUT2D eigenvalue weighted by Crippen LogP contribution is -2.58. The minimum atomic E-state index is -0.0909. The zero-order chi connectivity index (χ0) is 11.3. The molecule has 0 unspecified atom stereocenters. The summed E-state index contributed by atoms with van der Waals surface area (Å²) in [5, 5.41) is 3.36. The zero-order valence-corrected chi connectivity index (χ0v) is 10.0. The lowest BCUT2D eigenvalue weighted by molar-refractivity contribution is -0.143. The number of ether oxygens (including phenoxy) is 1. The molecule has 1 N–H and O–H groups in total. The maximum atomic E-state index is 11.2. The predicted molar refractivity (Wildman–Crippen MR) is 59.8 cm³/mol. The first-order valence-corrected chi connectivity index (χ1v) is 5.67. The number of piperazine rings is 1. The van der Waals surface area contributed by atoms with Gasteiger partial charge in [0.15, 0.2) is 0 Å². The number of carbonyl (C=O) groups is 1. The molecule has 4 heteroatoms. The van der Waals surface area contributed by atoms with E-state index in [4.69, 9.17) is 4.74 Å². The maximum absolute atomic E-state index is 11.2. The standard InChI is InChI=1S/C11H22N2O2/c1-4-15-10(14)5-7-13-8-6-12-9-11(13,2)3/h12H,4-9H2,1-3H3. The first-order valence-electron chi connectivity index (χ1n) is 5.67. The summed E-state index contributed by atoms with van der Waals surface area (Å²) in [5.41, 5.74) is 0.144. The molecular weight excluding hydrogens is 192 g/mol. The van der Waals surface area contributed by atoms with Crippen LogP contribution < -0.4 is 5.32 Å². The van der Waals surface area contributed by atoms with Crippen molar-refractivity contribution >= 4 is 5.97 Å². The molecule has 0 aromatic heterocycles. The van der Waals surface area contributed by atoms with Crippen LogP contribution in [-0.4, -0.2) is 49.2 Å². The van der Waals surface area contributed by atoms with Crippen molar-refractivity contribution in [1.29, 1.82) is 0 Å². The molecule has 0 atom stereocenters. The summed E-state index contributed by atoms with van der Waals surface area (Å²) in [4.78, 5) is 13.6. The van der Waals surface area contributed by atoms with Crippen LogP contribution in [0.1, 0.15) is 27.2 Å². The van der Waals surface area contributed by atoms with Crippen LogP contribution in [0.5, 0.6) is 0 Å². The highest BCUT2D eigenvalue weighted by Gasteiger charge is 2.29. The van der Waals surface area contributed by atoms with Gasteiger partial charge in [-0.2, -0.15) is 0 Å². The van der Waals surface area contributed by atoms with Crippen molar-refractivity contribution in [2.24, 2.45) is 0 Å². The van der Waals surface area contributed by atoms with E-state index in [1.165, 1.54) is 0 Å². The number of rotatable bonds is 4. The van der Waals surface area contributed by atoms with Crippen LogP contribution in [0.4, 0.5) is 0 Å². The largest absolute Gasteiger partial charge is 0.466 e. The highest BCUT2D eigenvalue weighted by molar-refractivity contribution is 5.69. The topological polar surface area (TPSA) is 41.6 Å². The van der Waals surface area contributed by atoms with Crippen LogP contribution in [-0.2, 0) is 9.53 Å². The molecule has 0 amide bonds. The molecule has 4 nitrogen and oxygen atoms in total. The van der Waals surface area contributed by atoms with Crippen molar-refractivity contribution in [3.8, 4) is 0 Å². The fourth-order valence-electron chi connectivity index (χ4n) is 1.90. The Hall–Kier alpha value is -0.610. The van der Waals surface area contributed by atoms with E-state index in [-0.39, 0.29) is 11.5 Å². The average molecular weight is 214 g/mol. The molecule has 0 aromatic rings. The van der Waals surface area contributed by atoms with Gasteiger partial charge in [-0.05, 0) is 20.8 Å². The second-order valence-corrected chi connectivity index (χ2v) is 4.53. The highest BCUT2D eigenvalue weighted by Crippen LogP contribution is 2.16. The molecule has 0 bridgehead atoms. The van der Waals surface area contributed by atoms with Crippen molar-refractivity contribution in [1.82, 2.24) is 10.2 Å². The fourth-order valence-corrected chi connectivity index (χ4v) is 1.90. The van der Waals surface area contributed by atoms with Gasteiger partial charge < -0.3 is 10.1 Å². The third-order valence-electron chi connectivity index (χ3n) is 2.86. The van der Waals surface area contributed by atoms with Gasteiger partial charge in [-0.25, -0.2) is 0 Å². The van der Waals surface area contributed by atoms with Crippen molar-refractivity contribution in [3.05, 3.63) is 0 Å². The molecule has 0 spiro atoms.